The van der Waals surface area contributed by atoms with E-state index in [1.165, 1.54) is 0 Å². The Balaban J connectivity index is 2.03. The number of ether oxygens (including phenoxy) is 2. The molecule has 0 bridgehead atoms. The Labute approximate surface area is 144 Å². The van der Waals surface area contributed by atoms with E-state index in [0.717, 1.165) is 37.0 Å². The number of amides is 1. The average Bonchev–Trinajstić information content (AvgIpc) is 3.08. The molecule has 3 N–H and O–H groups in total. The molecule has 5 nitrogen and oxygen atoms in total. The zero-order chi connectivity index (χ0) is 17.5. The lowest BCUT2D eigenvalue weighted by atomic mass is 9.94. The summed E-state index contributed by atoms with van der Waals surface area (Å²) in [6.45, 7) is 5.30. The molecular weight excluding hydrogens is 304 g/mol. The van der Waals surface area contributed by atoms with Crippen LogP contribution in [0.2, 0.25) is 0 Å². The highest BCUT2D eigenvalue weighted by Crippen LogP contribution is 2.33. The van der Waals surface area contributed by atoms with Gasteiger partial charge in [-0.05, 0) is 56.3 Å². The third-order valence-electron chi connectivity index (χ3n) is 4.81. The second kappa shape index (κ2) is 8.92. The number of carbonyl (C=O) groups excluding carboxylic acids is 1. The van der Waals surface area contributed by atoms with Crippen molar-refractivity contribution in [2.75, 3.05) is 20.3 Å². The van der Waals surface area contributed by atoms with E-state index in [1.807, 2.05) is 25.1 Å². The molecule has 0 radical (unpaired) electrons. The summed E-state index contributed by atoms with van der Waals surface area (Å²) in [5.74, 6) is 1.91. The van der Waals surface area contributed by atoms with E-state index in [-0.39, 0.29) is 17.9 Å². The molecule has 0 aromatic heterocycles. The predicted octanol–water partition coefficient (Wildman–Crippen LogP) is 3.04. The van der Waals surface area contributed by atoms with Crippen molar-refractivity contribution in [2.24, 2.45) is 17.6 Å². The Morgan fingerprint density at radius 3 is 2.83 bits per heavy atom. The van der Waals surface area contributed by atoms with Crippen molar-refractivity contribution in [3.63, 3.8) is 0 Å². The third-order valence-corrected chi connectivity index (χ3v) is 4.81. The molecule has 3 atom stereocenters. The third kappa shape index (κ3) is 4.41. The van der Waals surface area contributed by atoms with Crippen molar-refractivity contribution in [1.82, 2.24) is 5.32 Å². The summed E-state index contributed by atoms with van der Waals surface area (Å²) in [5.41, 5.74) is 6.79. The molecule has 1 saturated carbocycles. The van der Waals surface area contributed by atoms with Gasteiger partial charge in [-0.1, -0.05) is 19.4 Å². The van der Waals surface area contributed by atoms with E-state index in [9.17, 15) is 4.79 Å². The monoisotopic (exact) mass is 334 g/mol. The van der Waals surface area contributed by atoms with Crippen LogP contribution < -0.4 is 20.5 Å². The maximum atomic E-state index is 12.5. The van der Waals surface area contributed by atoms with Crippen LogP contribution in [0.5, 0.6) is 11.5 Å². The molecule has 24 heavy (non-hydrogen) atoms. The molecule has 2 rings (SSSR count). The first-order valence-corrected chi connectivity index (χ1v) is 8.91. The molecular formula is C19H30N2O3. The zero-order valence-corrected chi connectivity index (χ0v) is 15.0. The topological polar surface area (TPSA) is 73.6 Å². The van der Waals surface area contributed by atoms with Crippen molar-refractivity contribution in [1.29, 1.82) is 0 Å². The number of carbonyl (C=O) groups is 1. The molecule has 5 heteroatoms. The molecule has 1 unspecified atom stereocenters. The van der Waals surface area contributed by atoms with Crippen molar-refractivity contribution in [3.05, 3.63) is 23.8 Å². The van der Waals surface area contributed by atoms with Gasteiger partial charge in [-0.3, -0.25) is 4.79 Å². The first-order valence-electron chi connectivity index (χ1n) is 8.91. The highest BCUT2D eigenvalue weighted by Gasteiger charge is 2.32. The van der Waals surface area contributed by atoms with Gasteiger partial charge in [0.15, 0.2) is 11.5 Å². The van der Waals surface area contributed by atoms with Gasteiger partial charge in [0.2, 0.25) is 5.91 Å². The van der Waals surface area contributed by atoms with Gasteiger partial charge in [-0.2, -0.15) is 0 Å². The van der Waals surface area contributed by atoms with Crippen molar-refractivity contribution in [2.45, 2.75) is 45.6 Å². The predicted molar refractivity (Wildman–Crippen MR) is 95.2 cm³/mol. The minimum atomic E-state index is -0.0781. The van der Waals surface area contributed by atoms with E-state index in [2.05, 4.69) is 12.2 Å². The summed E-state index contributed by atoms with van der Waals surface area (Å²) in [7, 11) is 1.63. The fourth-order valence-electron chi connectivity index (χ4n) is 3.35. The van der Waals surface area contributed by atoms with Gasteiger partial charge >= 0.3 is 0 Å². The van der Waals surface area contributed by atoms with Crippen molar-refractivity contribution in [3.8, 4) is 11.5 Å². The maximum absolute atomic E-state index is 12.5. The van der Waals surface area contributed by atoms with E-state index in [0.29, 0.717) is 24.8 Å². The number of rotatable bonds is 8. The highest BCUT2D eigenvalue weighted by atomic mass is 16.5. The van der Waals surface area contributed by atoms with Gasteiger partial charge in [0.1, 0.15) is 0 Å². The molecule has 1 aliphatic rings. The number of nitrogens with one attached hydrogen (secondary N) is 1. The minimum absolute atomic E-state index is 0.0477. The van der Waals surface area contributed by atoms with Crippen molar-refractivity contribution < 1.29 is 14.3 Å². The Morgan fingerprint density at radius 1 is 1.38 bits per heavy atom. The Morgan fingerprint density at radius 2 is 2.17 bits per heavy atom. The normalized spacial score (nSPS) is 21.3. The maximum Gasteiger partial charge on any atom is 0.223 e. The van der Waals surface area contributed by atoms with Gasteiger partial charge in [-0.15, -0.1) is 0 Å². The lowest BCUT2D eigenvalue weighted by molar-refractivity contribution is -0.126. The van der Waals surface area contributed by atoms with Gasteiger partial charge < -0.3 is 20.5 Å². The van der Waals surface area contributed by atoms with Gasteiger partial charge in [0.05, 0.1) is 19.8 Å². The average molecular weight is 334 g/mol. The largest absolute Gasteiger partial charge is 0.493 e. The van der Waals surface area contributed by atoms with E-state index in [4.69, 9.17) is 15.2 Å². The van der Waals surface area contributed by atoms with Crippen LogP contribution in [-0.2, 0) is 4.79 Å². The molecule has 0 saturated heterocycles. The van der Waals surface area contributed by atoms with Crippen LogP contribution in [0, 0.1) is 11.8 Å². The van der Waals surface area contributed by atoms with E-state index in [1.54, 1.807) is 7.11 Å². The first kappa shape index (κ1) is 18.6. The number of methoxy groups -OCH3 is 1. The molecule has 0 heterocycles. The zero-order valence-electron chi connectivity index (χ0n) is 15.0. The molecule has 1 aromatic carbocycles. The highest BCUT2D eigenvalue weighted by molar-refractivity contribution is 5.79. The summed E-state index contributed by atoms with van der Waals surface area (Å²) in [6, 6.07) is 5.74. The summed E-state index contributed by atoms with van der Waals surface area (Å²) in [5, 5.41) is 3.13. The number of hydrogen-bond donors (Lipinski definition) is 2. The SMILES string of the molecule is CCCOc1ccc(C(C)NC(=O)[C@@H]2CCC[C@@H]2CN)cc1OC. The lowest BCUT2D eigenvalue weighted by Gasteiger charge is -2.22. The number of hydrogen-bond acceptors (Lipinski definition) is 4. The van der Waals surface area contributed by atoms with Gasteiger partial charge in [-0.25, -0.2) is 0 Å². The first-order chi connectivity index (χ1) is 11.6. The fraction of sp³-hybridized carbons (Fsp3) is 0.632. The van der Waals surface area contributed by atoms with Gasteiger partial charge in [0.25, 0.3) is 0 Å². The number of nitrogens with two attached hydrogens (primary N) is 1. The molecule has 1 amide bonds. The van der Waals surface area contributed by atoms with Crippen LogP contribution in [0.1, 0.15) is 51.1 Å². The smallest absolute Gasteiger partial charge is 0.223 e. The van der Waals surface area contributed by atoms with E-state index < -0.39 is 0 Å². The Kier molecular flexibility index (Phi) is 6.91. The van der Waals surface area contributed by atoms with Crippen LogP contribution in [0.4, 0.5) is 0 Å². The van der Waals surface area contributed by atoms with Crippen LogP contribution >= 0.6 is 0 Å². The van der Waals surface area contributed by atoms with Crippen LogP contribution in [0.15, 0.2) is 18.2 Å². The number of benzene rings is 1. The Bertz CT molecular complexity index is 547. The summed E-state index contributed by atoms with van der Waals surface area (Å²) in [6.07, 6.45) is 4.03. The van der Waals surface area contributed by atoms with Crippen LogP contribution in [0.25, 0.3) is 0 Å². The quantitative estimate of drug-likeness (QED) is 0.766. The second-order valence-corrected chi connectivity index (χ2v) is 6.52. The molecule has 1 aliphatic carbocycles. The minimum Gasteiger partial charge on any atom is -0.493 e. The summed E-state index contributed by atoms with van der Waals surface area (Å²) >= 11 is 0. The molecule has 1 fully saturated rings. The molecule has 0 aliphatic heterocycles. The fourth-order valence-corrected chi connectivity index (χ4v) is 3.35. The Hall–Kier alpha value is -1.75. The summed E-state index contributed by atoms with van der Waals surface area (Å²) in [4.78, 5) is 12.5. The second-order valence-electron chi connectivity index (χ2n) is 6.52. The lowest BCUT2D eigenvalue weighted by Crippen LogP contribution is -2.36. The molecule has 1 aromatic rings. The molecule has 134 valence electrons. The standard InChI is InChI=1S/C19H30N2O3/c1-4-10-24-17-9-8-14(11-18(17)23-3)13(2)21-19(22)16-7-5-6-15(16)12-20/h8-9,11,13,15-16H,4-7,10,12,20H2,1-3H3,(H,21,22)/t13?,15-,16-/m1/s1. The van der Waals surface area contributed by atoms with Gasteiger partial charge in [0, 0.05) is 5.92 Å². The van der Waals surface area contributed by atoms with E-state index >= 15 is 0 Å². The summed E-state index contributed by atoms with van der Waals surface area (Å²) < 4.78 is 11.1. The van der Waals surface area contributed by atoms with Crippen molar-refractivity contribution >= 4 is 5.91 Å². The molecule has 0 spiro atoms. The van der Waals surface area contributed by atoms with Crippen LogP contribution in [-0.4, -0.2) is 26.2 Å². The van der Waals surface area contributed by atoms with Crippen LogP contribution in [0.3, 0.4) is 0 Å².